The molecule has 5 heteroatoms. The van der Waals surface area contributed by atoms with Crippen molar-refractivity contribution in [3.8, 4) is 11.8 Å². The molecule has 100 valence electrons. The molecule has 18 heavy (non-hydrogen) atoms. The predicted molar refractivity (Wildman–Crippen MR) is 69.1 cm³/mol. The van der Waals surface area contributed by atoms with Gasteiger partial charge in [-0.1, -0.05) is 6.42 Å². The van der Waals surface area contributed by atoms with Crippen molar-refractivity contribution in [1.29, 1.82) is 0 Å². The van der Waals surface area contributed by atoms with Crippen molar-refractivity contribution in [1.82, 2.24) is 15.3 Å². The van der Waals surface area contributed by atoms with E-state index in [0.717, 1.165) is 12.1 Å². The van der Waals surface area contributed by atoms with Crippen LogP contribution in [0, 0.1) is 6.92 Å². The summed E-state index contributed by atoms with van der Waals surface area (Å²) in [6.07, 6.45) is 5.19. The molecule has 2 rings (SSSR count). The number of hydrogen-bond donors (Lipinski definition) is 1. The van der Waals surface area contributed by atoms with Crippen LogP contribution in [0.1, 0.15) is 31.7 Å². The molecule has 0 aromatic carbocycles. The summed E-state index contributed by atoms with van der Waals surface area (Å²) in [5.74, 6) is 1.24. The molecule has 1 atom stereocenters. The summed E-state index contributed by atoms with van der Waals surface area (Å²) in [5, 5.41) is 3.45. The van der Waals surface area contributed by atoms with Crippen LogP contribution in [0.5, 0.6) is 11.8 Å². The molecule has 0 aliphatic carbocycles. The third-order valence-corrected chi connectivity index (χ3v) is 3.11. The van der Waals surface area contributed by atoms with Crippen molar-refractivity contribution in [2.24, 2.45) is 0 Å². The molecule has 1 fully saturated rings. The summed E-state index contributed by atoms with van der Waals surface area (Å²) in [5.41, 5.74) is 0.871. The maximum absolute atomic E-state index is 5.77. The number of nitrogens with zero attached hydrogens (tertiary/aromatic N) is 2. The average molecular weight is 251 g/mol. The van der Waals surface area contributed by atoms with Crippen molar-refractivity contribution < 1.29 is 9.47 Å². The first-order chi connectivity index (χ1) is 8.81. The minimum atomic E-state index is 0.434. The zero-order valence-corrected chi connectivity index (χ0v) is 11.1. The highest BCUT2D eigenvalue weighted by molar-refractivity contribution is 5.32. The second-order valence-electron chi connectivity index (χ2n) is 4.50. The number of rotatable bonds is 5. The molecular formula is C13H21N3O2. The Morgan fingerprint density at radius 1 is 1.28 bits per heavy atom. The quantitative estimate of drug-likeness (QED) is 0.863. The van der Waals surface area contributed by atoms with E-state index in [4.69, 9.17) is 9.47 Å². The molecule has 1 unspecified atom stereocenters. The van der Waals surface area contributed by atoms with Gasteiger partial charge in [-0.25, -0.2) is 9.97 Å². The minimum absolute atomic E-state index is 0.434. The molecule has 1 aliphatic rings. The van der Waals surface area contributed by atoms with Crippen molar-refractivity contribution in [2.45, 2.75) is 39.2 Å². The first-order valence-corrected chi connectivity index (χ1v) is 6.62. The molecule has 0 saturated carbocycles. The lowest BCUT2D eigenvalue weighted by atomic mass is 10.1. The van der Waals surface area contributed by atoms with Crippen LogP contribution < -0.4 is 14.8 Å². The van der Waals surface area contributed by atoms with Gasteiger partial charge >= 0.3 is 0 Å². The topological polar surface area (TPSA) is 56.3 Å². The smallest absolute Gasteiger partial charge is 0.223 e. The number of ether oxygens (including phenoxy) is 2. The third-order valence-electron chi connectivity index (χ3n) is 3.11. The molecule has 1 aliphatic heterocycles. The molecule has 2 heterocycles. The molecular weight excluding hydrogens is 230 g/mol. The third kappa shape index (κ3) is 3.32. The second kappa shape index (κ2) is 6.54. The van der Waals surface area contributed by atoms with Gasteiger partial charge in [0.2, 0.25) is 11.8 Å². The number of aromatic nitrogens is 2. The van der Waals surface area contributed by atoms with E-state index in [1.54, 1.807) is 0 Å². The Morgan fingerprint density at radius 3 is 2.72 bits per heavy atom. The van der Waals surface area contributed by atoms with E-state index in [0.29, 0.717) is 31.0 Å². The van der Waals surface area contributed by atoms with Crippen molar-refractivity contribution >= 4 is 0 Å². The van der Waals surface area contributed by atoms with E-state index < -0.39 is 0 Å². The molecule has 1 aromatic rings. The van der Waals surface area contributed by atoms with Crippen LogP contribution in [-0.2, 0) is 0 Å². The maximum atomic E-state index is 5.77. The molecule has 0 radical (unpaired) electrons. The lowest BCUT2D eigenvalue weighted by Gasteiger charge is -2.23. The zero-order chi connectivity index (χ0) is 12.8. The Morgan fingerprint density at radius 2 is 2.06 bits per heavy atom. The van der Waals surface area contributed by atoms with Crippen molar-refractivity contribution in [3.05, 3.63) is 11.9 Å². The van der Waals surface area contributed by atoms with E-state index in [1.165, 1.54) is 25.6 Å². The van der Waals surface area contributed by atoms with Gasteiger partial charge < -0.3 is 14.8 Å². The van der Waals surface area contributed by atoms with Crippen LogP contribution >= 0.6 is 0 Å². The van der Waals surface area contributed by atoms with E-state index in [9.17, 15) is 0 Å². The maximum Gasteiger partial charge on any atom is 0.223 e. The Bertz CT molecular complexity index is 378. The average Bonchev–Trinajstić information content (AvgIpc) is 2.41. The molecule has 0 spiro atoms. The van der Waals surface area contributed by atoms with Crippen molar-refractivity contribution in [3.63, 3.8) is 0 Å². The molecule has 0 bridgehead atoms. The second-order valence-corrected chi connectivity index (χ2v) is 4.50. The fourth-order valence-electron chi connectivity index (χ4n) is 2.09. The highest BCUT2D eigenvalue weighted by atomic mass is 16.5. The first-order valence-electron chi connectivity index (χ1n) is 6.62. The Balaban J connectivity index is 1.93. The Kier molecular flexibility index (Phi) is 4.75. The van der Waals surface area contributed by atoms with Gasteiger partial charge in [-0.15, -0.1) is 0 Å². The van der Waals surface area contributed by atoms with Gasteiger partial charge in [0.15, 0.2) is 0 Å². The summed E-state index contributed by atoms with van der Waals surface area (Å²) in [6, 6.07) is 0.434. The van der Waals surface area contributed by atoms with Gasteiger partial charge in [-0.3, -0.25) is 0 Å². The van der Waals surface area contributed by atoms with Gasteiger partial charge in [0.05, 0.1) is 12.2 Å². The largest absolute Gasteiger partial charge is 0.478 e. The molecule has 5 nitrogen and oxygen atoms in total. The summed E-state index contributed by atoms with van der Waals surface area (Å²) >= 11 is 0. The summed E-state index contributed by atoms with van der Waals surface area (Å²) in [7, 11) is 0. The van der Waals surface area contributed by atoms with Crippen LogP contribution in [0.2, 0.25) is 0 Å². The highest BCUT2D eigenvalue weighted by Gasteiger charge is 2.15. The van der Waals surface area contributed by atoms with Gasteiger partial charge in [0.25, 0.3) is 0 Å². The summed E-state index contributed by atoms with van der Waals surface area (Å²) in [6.45, 7) is 6.20. The zero-order valence-electron chi connectivity index (χ0n) is 11.1. The van der Waals surface area contributed by atoms with Crippen molar-refractivity contribution in [2.75, 3.05) is 19.8 Å². The molecule has 1 aromatic heterocycles. The number of piperidine rings is 1. The lowest BCUT2D eigenvalue weighted by Crippen LogP contribution is -2.38. The van der Waals surface area contributed by atoms with Crippen LogP contribution in [0.4, 0.5) is 0 Å². The SMILES string of the molecule is CCOc1ncnc(OCC2CCCCN2)c1C. The van der Waals surface area contributed by atoms with Crippen LogP contribution in [0.15, 0.2) is 6.33 Å². The first kappa shape index (κ1) is 13.1. The molecule has 1 N–H and O–H groups in total. The highest BCUT2D eigenvalue weighted by Crippen LogP contribution is 2.22. The van der Waals surface area contributed by atoms with Gasteiger partial charge in [-0.05, 0) is 33.2 Å². The van der Waals surface area contributed by atoms with Gasteiger partial charge in [0, 0.05) is 6.04 Å². The predicted octanol–water partition coefficient (Wildman–Crippen LogP) is 1.70. The number of nitrogens with one attached hydrogen (secondary N) is 1. The standard InChI is InChI=1S/C13H21N3O2/c1-3-17-12-10(2)13(16-9-15-12)18-8-11-6-4-5-7-14-11/h9,11,14H,3-8H2,1-2H3. The van der Waals surface area contributed by atoms with E-state index >= 15 is 0 Å². The Hall–Kier alpha value is -1.36. The van der Waals surface area contributed by atoms with Crippen LogP contribution in [0.25, 0.3) is 0 Å². The monoisotopic (exact) mass is 251 g/mol. The van der Waals surface area contributed by atoms with Gasteiger partial charge in [-0.2, -0.15) is 0 Å². The van der Waals surface area contributed by atoms with Gasteiger partial charge in [0.1, 0.15) is 12.9 Å². The normalized spacial score (nSPS) is 19.6. The van der Waals surface area contributed by atoms with E-state index in [2.05, 4.69) is 15.3 Å². The molecule has 0 amide bonds. The van der Waals surface area contributed by atoms with Crippen LogP contribution in [0.3, 0.4) is 0 Å². The fourth-order valence-corrected chi connectivity index (χ4v) is 2.09. The lowest BCUT2D eigenvalue weighted by molar-refractivity contribution is 0.227. The summed E-state index contributed by atoms with van der Waals surface area (Å²) < 4.78 is 11.2. The summed E-state index contributed by atoms with van der Waals surface area (Å²) in [4.78, 5) is 8.26. The molecule has 1 saturated heterocycles. The van der Waals surface area contributed by atoms with Crippen LogP contribution in [-0.4, -0.2) is 35.8 Å². The van der Waals surface area contributed by atoms with E-state index in [1.807, 2.05) is 13.8 Å². The minimum Gasteiger partial charge on any atom is -0.478 e. The number of hydrogen-bond acceptors (Lipinski definition) is 5. The Labute approximate surface area is 108 Å². The van der Waals surface area contributed by atoms with E-state index in [-0.39, 0.29) is 0 Å². The fraction of sp³-hybridized carbons (Fsp3) is 0.692.